The Morgan fingerprint density at radius 1 is 0.964 bits per heavy atom. The van der Waals surface area contributed by atoms with Crippen LogP contribution in [0.3, 0.4) is 0 Å². The van der Waals surface area contributed by atoms with Crippen molar-refractivity contribution in [3.8, 4) is 0 Å². The van der Waals surface area contributed by atoms with Crippen LogP contribution in [-0.2, 0) is 4.79 Å². The molecule has 0 radical (unpaired) electrons. The lowest BCUT2D eigenvalue weighted by Crippen LogP contribution is -2.55. The van der Waals surface area contributed by atoms with E-state index in [1.54, 1.807) is 6.42 Å². The lowest BCUT2D eigenvalue weighted by atomic mass is 9.42. The highest BCUT2D eigenvalue weighted by Crippen LogP contribution is 2.69. The highest BCUT2D eigenvalue weighted by molar-refractivity contribution is 5.44. The quantitative estimate of drug-likeness (QED) is 0.333. The zero-order valence-corrected chi connectivity index (χ0v) is 18.6. The van der Waals surface area contributed by atoms with Crippen molar-refractivity contribution >= 4 is 6.41 Å². The van der Waals surface area contributed by atoms with Gasteiger partial charge >= 0.3 is 0 Å². The van der Waals surface area contributed by atoms with E-state index in [0.29, 0.717) is 10.8 Å². The van der Waals surface area contributed by atoms with E-state index in [9.17, 15) is 4.79 Å². The normalized spacial score (nSPS) is 47.7. The number of hydrogen-bond donors (Lipinski definition) is 2. The molecule has 0 heterocycles. The van der Waals surface area contributed by atoms with Gasteiger partial charge in [-0.2, -0.15) is 0 Å². The van der Waals surface area contributed by atoms with E-state index in [0.717, 1.165) is 48.5 Å². The molecule has 4 fully saturated rings. The van der Waals surface area contributed by atoms with E-state index in [2.05, 4.69) is 31.6 Å². The van der Waals surface area contributed by atoms with Crippen LogP contribution >= 0.6 is 0 Å². The molecule has 4 aliphatic rings. The first-order valence-electron chi connectivity index (χ1n) is 12.5. The lowest BCUT2D eigenvalue weighted by Gasteiger charge is -2.62. The van der Waals surface area contributed by atoms with Crippen LogP contribution in [0, 0.1) is 46.3 Å². The summed E-state index contributed by atoms with van der Waals surface area (Å²) < 4.78 is 0. The molecule has 0 aromatic heterocycles. The molecule has 8 atom stereocenters. The maximum atomic E-state index is 10.4. The van der Waals surface area contributed by atoms with Gasteiger partial charge in [0.25, 0.3) is 0 Å². The first-order valence-corrected chi connectivity index (χ1v) is 12.5. The van der Waals surface area contributed by atoms with Gasteiger partial charge in [0.2, 0.25) is 6.41 Å². The number of rotatable bonds is 7. The fraction of sp³-hybridized carbons (Fsp3) is 0.960. The van der Waals surface area contributed by atoms with Gasteiger partial charge in [0, 0.05) is 6.54 Å². The highest BCUT2D eigenvalue weighted by Gasteiger charge is 2.60. The summed E-state index contributed by atoms with van der Waals surface area (Å²) in [5, 5.41) is 0. The molecule has 0 aliphatic heterocycles. The topological polar surface area (TPSA) is 41.1 Å². The van der Waals surface area contributed by atoms with Gasteiger partial charge in [0.15, 0.2) is 0 Å². The van der Waals surface area contributed by atoms with Crippen molar-refractivity contribution in [2.75, 3.05) is 6.54 Å². The van der Waals surface area contributed by atoms with Gasteiger partial charge in [0.1, 0.15) is 0 Å². The lowest BCUT2D eigenvalue weighted by molar-refractivity contribution is -0.135. The molecule has 4 rings (SSSR count). The van der Waals surface area contributed by atoms with Crippen molar-refractivity contribution in [3.05, 3.63) is 0 Å². The Labute approximate surface area is 173 Å². The zero-order valence-electron chi connectivity index (χ0n) is 18.6. The second-order valence-corrected chi connectivity index (χ2v) is 11.3. The Morgan fingerprint density at radius 2 is 1.79 bits per heavy atom. The average molecular weight is 389 g/mol. The summed E-state index contributed by atoms with van der Waals surface area (Å²) in [7, 11) is 0. The molecule has 4 saturated carbocycles. The zero-order chi connectivity index (χ0) is 19.8. The minimum absolute atomic E-state index is 0.579. The predicted molar refractivity (Wildman–Crippen MR) is 115 cm³/mol. The molecular formula is C25H44N2O. The average Bonchev–Trinajstić information content (AvgIpc) is 3.03. The van der Waals surface area contributed by atoms with Gasteiger partial charge in [-0.3, -0.25) is 10.2 Å². The summed E-state index contributed by atoms with van der Waals surface area (Å²) in [4.78, 5) is 10.4. The van der Waals surface area contributed by atoms with Gasteiger partial charge in [-0.15, -0.1) is 0 Å². The van der Waals surface area contributed by atoms with Crippen molar-refractivity contribution in [1.82, 2.24) is 10.9 Å². The van der Waals surface area contributed by atoms with Gasteiger partial charge in [-0.1, -0.05) is 40.0 Å². The van der Waals surface area contributed by atoms with Crippen LogP contribution in [0.15, 0.2) is 0 Å². The second-order valence-electron chi connectivity index (χ2n) is 11.3. The van der Waals surface area contributed by atoms with Gasteiger partial charge in [-0.25, -0.2) is 5.43 Å². The van der Waals surface area contributed by atoms with Gasteiger partial charge in [-0.05, 0) is 104 Å². The molecule has 1 amide bonds. The molecule has 0 aromatic rings. The predicted octanol–water partition coefficient (Wildman–Crippen LogP) is 5.70. The third-order valence-corrected chi connectivity index (χ3v) is 10.5. The number of hydrogen-bond acceptors (Lipinski definition) is 2. The molecule has 3 heteroatoms. The Kier molecular flexibility index (Phi) is 6.12. The summed E-state index contributed by atoms with van der Waals surface area (Å²) in [6.07, 6.45) is 18.1. The van der Waals surface area contributed by atoms with Crippen LogP contribution in [0.4, 0.5) is 0 Å². The first-order chi connectivity index (χ1) is 13.5. The van der Waals surface area contributed by atoms with Crippen molar-refractivity contribution in [2.24, 2.45) is 46.3 Å². The minimum atomic E-state index is 0.579. The van der Waals surface area contributed by atoms with E-state index in [1.165, 1.54) is 70.6 Å². The summed E-state index contributed by atoms with van der Waals surface area (Å²) >= 11 is 0. The second kappa shape index (κ2) is 8.28. The van der Waals surface area contributed by atoms with Crippen LogP contribution in [0.1, 0.15) is 97.8 Å². The molecular weight excluding hydrogens is 344 g/mol. The molecule has 0 bridgehead atoms. The van der Waals surface area contributed by atoms with E-state index in [1.807, 2.05) is 0 Å². The fourth-order valence-corrected chi connectivity index (χ4v) is 9.15. The van der Waals surface area contributed by atoms with Gasteiger partial charge < -0.3 is 0 Å². The van der Waals surface area contributed by atoms with Crippen molar-refractivity contribution in [2.45, 2.75) is 97.8 Å². The molecule has 0 spiro atoms. The van der Waals surface area contributed by atoms with Crippen LogP contribution in [-0.4, -0.2) is 13.0 Å². The van der Waals surface area contributed by atoms with E-state index in [4.69, 9.17) is 0 Å². The number of fused-ring (bicyclic) bond motifs is 5. The molecule has 2 N–H and O–H groups in total. The van der Waals surface area contributed by atoms with Crippen LogP contribution in [0.5, 0.6) is 0 Å². The highest BCUT2D eigenvalue weighted by atomic mass is 16.1. The van der Waals surface area contributed by atoms with Crippen molar-refractivity contribution < 1.29 is 4.79 Å². The third-order valence-electron chi connectivity index (χ3n) is 10.5. The Bertz CT molecular complexity index is 551. The summed E-state index contributed by atoms with van der Waals surface area (Å²) in [5.74, 6) is 5.90. The summed E-state index contributed by atoms with van der Waals surface area (Å²) in [6, 6.07) is 0. The van der Waals surface area contributed by atoms with E-state index >= 15 is 0 Å². The Morgan fingerprint density at radius 3 is 2.57 bits per heavy atom. The third kappa shape index (κ3) is 3.34. The molecule has 28 heavy (non-hydrogen) atoms. The molecule has 0 saturated heterocycles. The minimum Gasteiger partial charge on any atom is -0.294 e. The SMILES string of the molecule is CC[C@H]1CC2C3CCC(CCCNNC=O)C3(C)CC[C@@H]2C2(C)CCCCC12. The molecule has 160 valence electrons. The number of nitrogens with one attached hydrogen (secondary N) is 2. The van der Waals surface area contributed by atoms with E-state index < -0.39 is 0 Å². The summed E-state index contributed by atoms with van der Waals surface area (Å²) in [6.45, 7) is 8.76. The standard InChI is InChI=1S/C25H44N2O/c1-4-18-16-20-22-11-10-19(8-7-15-26-27-17-28)24(22,2)14-12-23(20)25(3)13-6-5-9-21(18)25/h17-23,26H,4-16H2,1-3H3,(H,27,28)/t18-,19?,20?,21?,22?,23-,24?,25?/m0/s1. The summed E-state index contributed by atoms with van der Waals surface area (Å²) in [5.41, 5.74) is 6.83. The van der Waals surface area contributed by atoms with Crippen molar-refractivity contribution in [3.63, 3.8) is 0 Å². The molecule has 4 aliphatic carbocycles. The first kappa shape index (κ1) is 20.7. The molecule has 3 nitrogen and oxygen atoms in total. The monoisotopic (exact) mass is 388 g/mol. The van der Waals surface area contributed by atoms with Crippen LogP contribution in [0.25, 0.3) is 0 Å². The Hall–Kier alpha value is -0.570. The maximum absolute atomic E-state index is 10.4. The largest absolute Gasteiger partial charge is 0.294 e. The number of carbonyl (C=O) groups excluding carboxylic acids is 1. The fourth-order valence-electron chi connectivity index (χ4n) is 9.15. The molecule has 6 unspecified atom stereocenters. The van der Waals surface area contributed by atoms with Gasteiger partial charge in [0.05, 0.1) is 0 Å². The van der Waals surface area contributed by atoms with E-state index in [-0.39, 0.29) is 0 Å². The Balaban J connectivity index is 1.47. The maximum Gasteiger partial charge on any atom is 0.221 e. The number of carbonyl (C=O) groups is 1. The number of hydrazine groups is 1. The smallest absolute Gasteiger partial charge is 0.221 e. The van der Waals surface area contributed by atoms with Crippen molar-refractivity contribution in [1.29, 1.82) is 0 Å². The van der Waals surface area contributed by atoms with Crippen LogP contribution in [0.2, 0.25) is 0 Å². The molecule has 0 aromatic carbocycles. The van der Waals surface area contributed by atoms with Crippen LogP contribution < -0.4 is 10.9 Å². The number of amides is 1.